The van der Waals surface area contributed by atoms with Crippen LogP contribution in [0.1, 0.15) is 93.4 Å². The zero-order valence-electron chi connectivity index (χ0n) is 40.9. The molecule has 1 aromatic heterocycles. The maximum Gasteiger partial charge on any atom is 0.312 e. The fraction of sp³-hybridized carbons (Fsp3) is 0.442. The maximum absolute atomic E-state index is 15.1. The van der Waals surface area contributed by atoms with Crippen molar-refractivity contribution in [1.29, 1.82) is 0 Å². The monoisotopic (exact) mass is 1000 g/mol. The molecule has 73 heavy (non-hydrogen) atoms. The highest BCUT2D eigenvalue weighted by molar-refractivity contribution is 6.00. The zero-order chi connectivity index (χ0) is 52.5. The largest absolute Gasteiger partial charge is 0.872 e. The molecule has 21 heteroatoms. The molecular weight excluding hydrogens is 939 g/mol. The number of primary amides is 2. The number of para-hydroxylation sites is 1. The number of nitrogens with two attached hydrogens (primary N) is 2. The Balaban J connectivity index is 1.41. The van der Waals surface area contributed by atoms with E-state index in [2.05, 4.69) is 47.5 Å². The quantitative estimate of drug-likeness (QED) is 0.0815. The van der Waals surface area contributed by atoms with Gasteiger partial charge in [-0.2, -0.15) is 0 Å². The Kier molecular flexibility index (Phi) is 19.3. The van der Waals surface area contributed by atoms with Crippen molar-refractivity contribution < 1.29 is 48.3 Å². The highest BCUT2D eigenvalue weighted by Gasteiger charge is 2.46. The number of hydrogen-bond donors (Lipinski definition) is 11. The van der Waals surface area contributed by atoms with Gasteiger partial charge < -0.3 is 64.1 Å². The molecule has 0 saturated carbocycles. The Morgan fingerprint density at radius 3 is 2.25 bits per heavy atom. The molecule has 1 aliphatic carbocycles. The van der Waals surface area contributed by atoms with E-state index in [9.17, 15) is 43.5 Å². The lowest BCUT2D eigenvalue weighted by Gasteiger charge is -2.40. The number of nitrogens with one attached hydrogen (secondary N) is 9. The third-order valence-electron chi connectivity index (χ3n) is 13.3. The number of fused-ring (bicyclic) bond motifs is 2. The summed E-state index contributed by atoms with van der Waals surface area (Å²) in [5.41, 5.74) is 12.2. The molecule has 3 aromatic carbocycles. The summed E-state index contributed by atoms with van der Waals surface area (Å²) in [4.78, 5) is 128. The number of rotatable bonds is 13. The van der Waals surface area contributed by atoms with Crippen molar-refractivity contribution >= 4 is 64.2 Å². The Bertz CT molecular complexity index is 2640. The minimum absolute atomic E-state index is 0.00858. The van der Waals surface area contributed by atoms with Crippen LogP contribution in [0.2, 0.25) is 0 Å². The molecule has 13 N–H and O–H groups in total. The highest BCUT2D eigenvalue weighted by Crippen LogP contribution is 2.33. The van der Waals surface area contributed by atoms with Gasteiger partial charge >= 0.3 is 6.03 Å². The number of aromatic nitrogens is 1. The van der Waals surface area contributed by atoms with E-state index in [1.165, 1.54) is 12.1 Å². The van der Waals surface area contributed by atoms with Crippen LogP contribution in [0.3, 0.4) is 0 Å². The van der Waals surface area contributed by atoms with E-state index in [0.717, 1.165) is 10.9 Å². The molecule has 2 aliphatic rings. The van der Waals surface area contributed by atoms with Crippen molar-refractivity contribution in [2.24, 2.45) is 11.5 Å². The first kappa shape index (κ1) is 54.4. The van der Waals surface area contributed by atoms with Crippen LogP contribution < -0.4 is 59.1 Å². The second-order valence-corrected chi connectivity index (χ2v) is 18.7. The number of H-pyrrole nitrogens is 1. The lowest BCUT2D eigenvalue weighted by molar-refractivity contribution is -0.269. The Labute approximate surface area is 422 Å². The van der Waals surface area contributed by atoms with E-state index < -0.39 is 95.5 Å². The summed E-state index contributed by atoms with van der Waals surface area (Å²) < 4.78 is 0. The molecule has 0 bridgehead atoms. The molecule has 1 spiro atoms. The third kappa shape index (κ3) is 15.3. The molecule has 6 rings (SSSR count). The molecule has 390 valence electrons. The summed E-state index contributed by atoms with van der Waals surface area (Å²) in [6, 6.07) is 13.0. The smallest absolute Gasteiger partial charge is 0.312 e. The normalized spacial score (nSPS) is 22.8. The molecule has 4 aromatic rings. The van der Waals surface area contributed by atoms with E-state index >= 15 is 4.79 Å². The molecule has 0 radical (unpaired) electrons. The van der Waals surface area contributed by atoms with Gasteiger partial charge in [0.05, 0.1) is 6.42 Å². The van der Waals surface area contributed by atoms with Gasteiger partial charge in [0.2, 0.25) is 47.3 Å². The van der Waals surface area contributed by atoms with Crippen LogP contribution in [0.4, 0.5) is 4.79 Å². The van der Waals surface area contributed by atoms with Gasteiger partial charge in [-0.3, -0.25) is 38.4 Å². The molecule has 10 amide bonds. The SMILES string of the molecule is CCCCC(=O)N[C@H]1CC(=O)NCCCC[C@@H](C(N)=O)NC(=O)C(Cc2c[nH]c3ccccc23)NC(=O)[C@H](CCCNC(N)=O)NC(=O)[C@@H](Cc2ccccc2)NC(=O)C2(CCc3c([O-])cccc3C2)NC1=O. The van der Waals surface area contributed by atoms with Crippen molar-refractivity contribution in [3.05, 3.63) is 101 Å². The van der Waals surface area contributed by atoms with E-state index in [-0.39, 0.29) is 83.0 Å². The van der Waals surface area contributed by atoms with Gasteiger partial charge in [0.1, 0.15) is 35.7 Å². The van der Waals surface area contributed by atoms with Gasteiger partial charge in [0.25, 0.3) is 0 Å². The highest BCUT2D eigenvalue weighted by atomic mass is 16.3. The predicted octanol–water partition coefficient (Wildman–Crippen LogP) is 0.309. The molecule has 2 heterocycles. The summed E-state index contributed by atoms with van der Waals surface area (Å²) in [7, 11) is 0. The molecule has 1 aliphatic heterocycles. The minimum Gasteiger partial charge on any atom is -0.872 e. The van der Waals surface area contributed by atoms with Crippen molar-refractivity contribution in [2.75, 3.05) is 13.1 Å². The second kappa shape index (κ2) is 25.9. The topological polar surface area (TPSA) is 341 Å². The molecule has 2 unspecified atom stereocenters. The van der Waals surface area contributed by atoms with Gasteiger partial charge in [-0.25, -0.2) is 4.79 Å². The van der Waals surface area contributed by atoms with Crippen LogP contribution in [0, 0.1) is 0 Å². The van der Waals surface area contributed by atoms with Crippen molar-refractivity contribution in [1.82, 2.24) is 47.5 Å². The second-order valence-electron chi connectivity index (χ2n) is 18.7. The van der Waals surface area contributed by atoms with Gasteiger partial charge in [-0.05, 0) is 74.1 Å². The van der Waals surface area contributed by atoms with Crippen molar-refractivity contribution in [3.8, 4) is 5.75 Å². The zero-order valence-corrected chi connectivity index (χ0v) is 40.9. The third-order valence-corrected chi connectivity index (χ3v) is 13.3. The van der Waals surface area contributed by atoms with Crippen LogP contribution in [-0.4, -0.2) is 107 Å². The number of urea groups is 1. The van der Waals surface area contributed by atoms with Gasteiger partial charge in [0, 0.05) is 55.9 Å². The minimum atomic E-state index is -1.83. The molecule has 1 fully saturated rings. The van der Waals surface area contributed by atoms with E-state index in [1.54, 1.807) is 42.6 Å². The molecular formula is C52H66N11O10-. The summed E-state index contributed by atoms with van der Waals surface area (Å²) in [6.45, 7) is 1.98. The molecule has 1 saturated heterocycles. The van der Waals surface area contributed by atoms with Crippen LogP contribution in [0.25, 0.3) is 10.9 Å². The number of benzene rings is 3. The average molecular weight is 1010 g/mol. The van der Waals surface area contributed by atoms with Crippen molar-refractivity contribution in [3.63, 3.8) is 0 Å². The number of aromatic amines is 1. The lowest BCUT2D eigenvalue weighted by Crippen LogP contribution is -2.67. The van der Waals surface area contributed by atoms with Gasteiger partial charge in [-0.1, -0.05) is 85.6 Å². The van der Waals surface area contributed by atoms with E-state index in [1.807, 2.05) is 31.2 Å². The van der Waals surface area contributed by atoms with Crippen molar-refractivity contribution in [2.45, 2.75) is 133 Å². The fourth-order valence-corrected chi connectivity index (χ4v) is 9.24. The first-order valence-electron chi connectivity index (χ1n) is 24.8. The van der Waals surface area contributed by atoms with Crippen LogP contribution >= 0.6 is 0 Å². The van der Waals surface area contributed by atoms with Crippen LogP contribution in [-0.2, 0) is 64.0 Å². The van der Waals surface area contributed by atoms with E-state index in [0.29, 0.717) is 41.5 Å². The number of unbranched alkanes of at least 4 members (excludes halogenated alkanes) is 1. The summed E-state index contributed by atoms with van der Waals surface area (Å²) >= 11 is 0. The predicted molar refractivity (Wildman–Crippen MR) is 268 cm³/mol. The standard InChI is InChI=1S/C52H67N11O10/c1-2-3-21-43(65)58-41-28-44(66)55-24-10-9-18-37(45(53)67)59-48(70)40(27-33-30-57-36-17-8-7-16-34(33)36)61-46(68)38(19-12-25-56-51(54)73)60-47(69)39(26-31-13-5-4-6-14-31)62-50(72)52(63-49(41)71)23-22-35-32(29-52)15-11-20-42(35)64/h4-8,11,13-17,20,30,37-41,57,64H,2-3,9-10,12,18-19,21-29H2,1H3,(H2,53,67)(H,55,66)(H,58,65)(H,59,70)(H,60,69)(H,61,68)(H,62,72)(H,63,71)(H3,54,56,73)/p-1/t37-,38-,39+,40?,41-,52?/m0/s1. The summed E-state index contributed by atoms with van der Waals surface area (Å²) in [6.07, 6.45) is 2.65. The fourth-order valence-electron chi connectivity index (χ4n) is 9.24. The molecule has 6 atom stereocenters. The number of amides is 10. The maximum atomic E-state index is 15.1. The first-order chi connectivity index (χ1) is 35.0. The van der Waals surface area contributed by atoms with Gasteiger partial charge in [0.15, 0.2) is 0 Å². The Morgan fingerprint density at radius 1 is 0.781 bits per heavy atom. The van der Waals surface area contributed by atoms with Crippen LogP contribution in [0.5, 0.6) is 5.75 Å². The first-order valence-corrected chi connectivity index (χ1v) is 24.8. The lowest BCUT2D eigenvalue weighted by atomic mass is 9.76. The van der Waals surface area contributed by atoms with Gasteiger partial charge in [-0.15, -0.1) is 5.75 Å². The number of hydrogen-bond acceptors (Lipinski definition) is 10. The molecule has 21 nitrogen and oxygen atoms in total. The Morgan fingerprint density at radius 2 is 1.49 bits per heavy atom. The van der Waals surface area contributed by atoms with E-state index in [4.69, 9.17) is 11.5 Å². The number of carbonyl (C=O) groups excluding carboxylic acids is 9. The summed E-state index contributed by atoms with van der Waals surface area (Å²) in [5, 5.41) is 35.6. The Hall–Kier alpha value is -7.97. The number of carbonyl (C=O) groups is 9. The van der Waals surface area contributed by atoms with Crippen LogP contribution in [0.15, 0.2) is 79.0 Å². The summed E-state index contributed by atoms with van der Waals surface area (Å²) in [5.74, 6) is -6.27. The average Bonchev–Trinajstić information content (AvgIpc) is 3.77.